The van der Waals surface area contributed by atoms with Crippen LogP contribution in [0.4, 0.5) is 5.82 Å². The van der Waals surface area contributed by atoms with Gasteiger partial charge in [-0.1, -0.05) is 36.6 Å². The van der Waals surface area contributed by atoms with Gasteiger partial charge in [0, 0.05) is 18.2 Å². The Labute approximate surface area is 142 Å². The lowest BCUT2D eigenvalue weighted by Gasteiger charge is -2.09. The number of pyridine rings is 1. The van der Waals surface area contributed by atoms with Crippen molar-refractivity contribution < 1.29 is 4.79 Å². The number of fused-ring (bicyclic) bond motifs is 1. The van der Waals surface area contributed by atoms with Crippen LogP contribution in [0.1, 0.15) is 37.3 Å². The van der Waals surface area contributed by atoms with Gasteiger partial charge >= 0.3 is 0 Å². The molecule has 24 heavy (non-hydrogen) atoms. The van der Waals surface area contributed by atoms with Crippen LogP contribution in [0.15, 0.2) is 42.6 Å². The Hall–Kier alpha value is -2.62. The minimum atomic E-state index is 0.0353. The van der Waals surface area contributed by atoms with Gasteiger partial charge in [0.2, 0.25) is 5.91 Å². The molecule has 1 aromatic carbocycles. The summed E-state index contributed by atoms with van der Waals surface area (Å²) in [7, 11) is 0. The van der Waals surface area contributed by atoms with E-state index in [9.17, 15) is 4.79 Å². The lowest BCUT2D eigenvalue weighted by molar-refractivity contribution is -0.116. The summed E-state index contributed by atoms with van der Waals surface area (Å²) in [4.78, 5) is 17.0. The van der Waals surface area contributed by atoms with Gasteiger partial charge in [0.05, 0.1) is 0 Å². The SMILES string of the molecule is CCCCC(=O)Nc1c(-c2cc(C)cc(C)c2)nc2ccccn12. The molecule has 0 radical (unpaired) electrons. The summed E-state index contributed by atoms with van der Waals surface area (Å²) in [6.45, 7) is 6.24. The Morgan fingerprint density at radius 3 is 2.62 bits per heavy atom. The minimum Gasteiger partial charge on any atom is -0.310 e. The number of hydrogen-bond donors (Lipinski definition) is 1. The number of imidazole rings is 1. The van der Waals surface area contributed by atoms with E-state index in [4.69, 9.17) is 4.98 Å². The number of carbonyl (C=O) groups excluding carboxylic acids is 1. The van der Waals surface area contributed by atoms with Crippen molar-refractivity contribution in [1.29, 1.82) is 0 Å². The van der Waals surface area contributed by atoms with E-state index >= 15 is 0 Å². The third-order valence-electron chi connectivity index (χ3n) is 4.04. The standard InChI is InChI=1S/C20H23N3O/c1-4-5-9-18(24)22-20-19(16-12-14(2)11-15(3)13-16)21-17-8-6-7-10-23(17)20/h6-8,10-13H,4-5,9H2,1-3H3,(H,22,24). The number of anilines is 1. The predicted octanol–water partition coefficient (Wildman–Crippen LogP) is 4.75. The molecule has 2 heterocycles. The maximum Gasteiger partial charge on any atom is 0.225 e. The Bertz CT molecular complexity index is 859. The molecule has 1 N–H and O–H groups in total. The van der Waals surface area contributed by atoms with Crippen LogP contribution < -0.4 is 5.32 Å². The number of aromatic nitrogens is 2. The first-order valence-corrected chi connectivity index (χ1v) is 8.44. The van der Waals surface area contributed by atoms with Crippen LogP contribution in [0.3, 0.4) is 0 Å². The highest BCUT2D eigenvalue weighted by atomic mass is 16.1. The van der Waals surface area contributed by atoms with Gasteiger partial charge in [0.25, 0.3) is 0 Å². The quantitative estimate of drug-likeness (QED) is 0.737. The average Bonchev–Trinajstić information content (AvgIpc) is 2.91. The number of nitrogens with zero attached hydrogens (tertiary/aromatic N) is 2. The highest BCUT2D eigenvalue weighted by molar-refractivity contribution is 5.94. The van der Waals surface area contributed by atoms with Crippen LogP contribution in [-0.4, -0.2) is 15.3 Å². The normalized spacial score (nSPS) is 11.0. The molecule has 0 fully saturated rings. The van der Waals surface area contributed by atoms with Gasteiger partial charge in [-0.05, 0) is 44.5 Å². The summed E-state index contributed by atoms with van der Waals surface area (Å²) in [6, 6.07) is 12.2. The second-order valence-electron chi connectivity index (χ2n) is 6.27. The number of amides is 1. The van der Waals surface area contributed by atoms with E-state index in [1.165, 1.54) is 11.1 Å². The number of aryl methyl sites for hydroxylation is 2. The molecule has 0 spiro atoms. The molecule has 3 rings (SSSR count). The minimum absolute atomic E-state index is 0.0353. The summed E-state index contributed by atoms with van der Waals surface area (Å²) in [6.07, 6.45) is 4.36. The number of unbranched alkanes of at least 4 members (excludes halogenated alkanes) is 1. The lowest BCUT2D eigenvalue weighted by Crippen LogP contribution is -2.13. The van der Waals surface area contributed by atoms with Crippen molar-refractivity contribution in [2.24, 2.45) is 0 Å². The van der Waals surface area contributed by atoms with E-state index in [0.29, 0.717) is 6.42 Å². The van der Waals surface area contributed by atoms with Crippen molar-refractivity contribution in [2.75, 3.05) is 5.32 Å². The predicted molar refractivity (Wildman–Crippen MR) is 98.3 cm³/mol. The van der Waals surface area contributed by atoms with Crippen molar-refractivity contribution in [3.8, 4) is 11.3 Å². The van der Waals surface area contributed by atoms with Crippen LogP contribution in [0, 0.1) is 13.8 Å². The van der Waals surface area contributed by atoms with Crippen LogP contribution in [0.2, 0.25) is 0 Å². The molecular formula is C20H23N3O. The highest BCUT2D eigenvalue weighted by Crippen LogP contribution is 2.30. The molecule has 0 atom stereocenters. The summed E-state index contributed by atoms with van der Waals surface area (Å²) in [5.41, 5.74) is 5.05. The lowest BCUT2D eigenvalue weighted by atomic mass is 10.0. The molecule has 0 saturated carbocycles. The number of benzene rings is 1. The summed E-state index contributed by atoms with van der Waals surface area (Å²) < 4.78 is 1.94. The van der Waals surface area contributed by atoms with Crippen molar-refractivity contribution in [3.05, 3.63) is 53.7 Å². The second kappa shape index (κ2) is 6.87. The van der Waals surface area contributed by atoms with Crippen LogP contribution in [-0.2, 0) is 4.79 Å². The number of rotatable bonds is 5. The van der Waals surface area contributed by atoms with Crippen molar-refractivity contribution in [3.63, 3.8) is 0 Å². The van der Waals surface area contributed by atoms with E-state index in [1.54, 1.807) is 0 Å². The first-order valence-electron chi connectivity index (χ1n) is 8.44. The maximum atomic E-state index is 12.3. The molecule has 0 saturated heterocycles. The van der Waals surface area contributed by atoms with Gasteiger partial charge < -0.3 is 5.32 Å². The van der Waals surface area contributed by atoms with Crippen molar-refractivity contribution in [2.45, 2.75) is 40.0 Å². The first-order chi connectivity index (χ1) is 11.6. The number of nitrogens with one attached hydrogen (secondary N) is 1. The average molecular weight is 321 g/mol. The molecule has 1 amide bonds. The van der Waals surface area contributed by atoms with Crippen molar-refractivity contribution in [1.82, 2.24) is 9.38 Å². The Kier molecular flexibility index (Phi) is 4.65. The van der Waals surface area contributed by atoms with Gasteiger partial charge in [0.1, 0.15) is 17.2 Å². The molecule has 3 aromatic rings. The molecule has 4 heteroatoms. The Morgan fingerprint density at radius 1 is 1.17 bits per heavy atom. The smallest absolute Gasteiger partial charge is 0.225 e. The molecule has 0 aliphatic rings. The fourth-order valence-electron chi connectivity index (χ4n) is 2.96. The van der Waals surface area contributed by atoms with Crippen LogP contribution in [0.25, 0.3) is 16.9 Å². The zero-order valence-corrected chi connectivity index (χ0v) is 14.5. The topological polar surface area (TPSA) is 46.4 Å². The Morgan fingerprint density at radius 2 is 1.92 bits per heavy atom. The van der Waals surface area contributed by atoms with Crippen LogP contribution in [0.5, 0.6) is 0 Å². The summed E-state index contributed by atoms with van der Waals surface area (Å²) >= 11 is 0. The van der Waals surface area contributed by atoms with Gasteiger partial charge in [-0.15, -0.1) is 0 Å². The van der Waals surface area contributed by atoms with Gasteiger partial charge in [-0.3, -0.25) is 9.20 Å². The van der Waals surface area contributed by atoms with Gasteiger partial charge in [-0.25, -0.2) is 4.98 Å². The molecule has 0 unspecified atom stereocenters. The van der Waals surface area contributed by atoms with Gasteiger partial charge in [-0.2, -0.15) is 0 Å². The van der Waals surface area contributed by atoms with E-state index in [2.05, 4.69) is 44.3 Å². The number of hydrogen-bond acceptors (Lipinski definition) is 2. The fraction of sp³-hybridized carbons (Fsp3) is 0.300. The maximum absolute atomic E-state index is 12.3. The zero-order valence-electron chi connectivity index (χ0n) is 14.5. The molecule has 0 aliphatic carbocycles. The third-order valence-corrected chi connectivity index (χ3v) is 4.04. The molecule has 124 valence electrons. The summed E-state index contributed by atoms with van der Waals surface area (Å²) in [5, 5.41) is 3.07. The largest absolute Gasteiger partial charge is 0.310 e. The zero-order chi connectivity index (χ0) is 17.1. The van der Waals surface area contributed by atoms with Gasteiger partial charge in [0.15, 0.2) is 0 Å². The second-order valence-corrected chi connectivity index (χ2v) is 6.27. The van der Waals surface area contributed by atoms with E-state index in [0.717, 1.165) is 35.6 Å². The fourth-order valence-corrected chi connectivity index (χ4v) is 2.96. The molecule has 4 nitrogen and oxygen atoms in total. The monoisotopic (exact) mass is 321 g/mol. The van der Waals surface area contributed by atoms with E-state index in [-0.39, 0.29) is 5.91 Å². The Balaban J connectivity index is 2.09. The van der Waals surface area contributed by atoms with E-state index < -0.39 is 0 Å². The van der Waals surface area contributed by atoms with Crippen LogP contribution >= 0.6 is 0 Å². The molecule has 0 bridgehead atoms. The number of carbonyl (C=O) groups is 1. The first kappa shape index (κ1) is 16.2. The van der Waals surface area contributed by atoms with Crippen molar-refractivity contribution >= 4 is 17.4 Å². The highest BCUT2D eigenvalue weighted by Gasteiger charge is 2.16. The molecule has 2 aromatic heterocycles. The molecular weight excluding hydrogens is 298 g/mol. The molecule has 0 aliphatic heterocycles. The summed E-state index contributed by atoms with van der Waals surface area (Å²) in [5.74, 6) is 0.782. The third kappa shape index (κ3) is 3.32. The van der Waals surface area contributed by atoms with E-state index in [1.807, 2.05) is 28.8 Å².